The molecule has 0 aliphatic heterocycles. The monoisotopic (exact) mass is 1560 g/mol. The van der Waals surface area contributed by atoms with Crippen LogP contribution >= 0.6 is 15.6 Å². The van der Waals surface area contributed by atoms with Crippen molar-refractivity contribution < 1.29 is 80.2 Å². The third-order valence-corrected chi connectivity index (χ3v) is 22.7. The van der Waals surface area contributed by atoms with Crippen molar-refractivity contribution >= 4 is 39.5 Å². The molecule has 5 atom stereocenters. The molecule has 636 valence electrons. The fraction of sp³-hybridized carbons (Fsp3) is 0.955. The van der Waals surface area contributed by atoms with Gasteiger partial charge in [0.2, 0.25) is 0 Å². The molecule has 17 nitrogen and oxygen atoms in total. The Morgan fingerprint density at radius 3 is 0.636 bits per heavy atom. The highest BCUT2D eigenvalue weighted by molar-refractivity contribution is 7.47. The summed E-state index contributed by atoms with van der Waals surface area (Å²) in [5.41, 5.74) is 0. The first-order chi connectivity index (χ1) is 52.0. The fourth-order valence-electron chi connectivity index (χ4n) is 13.8. The SMILES string of the molecule is CCCCCCCCCCCCCCCCCCCCCCCCC(=O)O[C@H](COC(=O)CCCCCCCCCCCCCCCCCCCCC(C)C)COP(=O)(O)OC[C@@H](O)COP(=O)(O)OC[C@@H](COC(=O)CCCCCCCCCCCC)OC(=O)CCCCCCCCCCCCCCCC. The summed E-state index contributed by atoms with van der Waals surface area (Å²) in [7, 11) is -9.93. The molecule has 19 heteroatoms. The highest BCUT2D eigenvalue weighted by Crippen LogP contribution is 2.45. The molecule has 0 spiro atoms. The first-order valence-electron chi connectivity index (χ1n) is 45.6. The van der Waals surface area contributed by atoms with Crippen LogP contribution < -0.4 is 0 Å². The molecule has 0 rings (SSSR count). The Labute approximate surface area is 658 Å². The Hall–Kier alpha value is -1.94. The largest absolute Gasteiger partial charge is 0.472 e. The highest BCUT2D eigenvalue weighted by Gasteiger charge is 2.30. The molecule has 0 saturated carbocycles. The van der Waals surface area contributed by atoms with Gasteiger partial charge in [0.1, 0.15) is 19.3 Å². The summed E-state index contributed by atoms with van der Waals surface area (Å²) in [5.74, 6) is -1.27. The smallest absolute Gasteiger partial charge is 0.462 e. The molecule has 0 heterocycles. The summed E-state index contributed by atoms with van der Waals surface area (Å²) in [6.07, 6.45) is 75.1. The lowest BCUT2D eigenvalue weighted by molar-refractivity contribution is -0.161. The van der Waals surface area contributed by atoms with Crippen LogP contribution in [-0.2, 0) is 65.4 Å². The van der Waals surface area contributed by atoms with E-state index in [0.29, 0.717) is 25.7 Å². The van der Waals surface area contributed by atoms with Crippen LogP contribution in [0.3, 0.4) is 0 Å². The lowest BCUT2D eigenvalue weighted by Gasteiger charge is -2.21. The van der Waals surface area contributed by atoms with Crippen molar-refractivity contribution in [2.45, 2.75) is 496 Å². The van der Waals surface area contributed by atoms with Crippen molar-refractivity contribution in [1.29, 1.82) is 0 Å². The summed E-state index contributed by atoms with van der Waals surface area (Å²) >= 11 is 0. The standard InChI is InChI=1S/C88H172O17P2/c1-6-9-12-15-18-21-24-26-28-29-30-31-32-33-38-41-45-49-54-59-64-69-74-88(93)105-84(78-99-86(91)72-67-62-57-52-47-44-40-37-35-34-36-39-42-46-50-55-60-65-70-81(4)5)80-103-107(96,97)101-76-82(89)75-100-106(94,95)102-79-83(77-98-85(90)71-66-61-56-51-23-20-17-14-11-8-3)104-87(92)73-68-63-58-53-48-43-27-25-22-19-16-13-10-7-2/h81-84,89H,6-80H2,1-5H3,(H,94,95)(H,96,97)/t82-,83+,84+/m0/s1. The van der Waals surface area contributed by atoms with Crippen LogP contribution in [0.4, 0.5) is 0 Å². The van der Waals surface area contributed by atoms with Gasteiger partial charge in [-0.3, -0.25) is 37.3 Å². The number of unbranched alkanes of at least 4 members (excludes halogenated alkanes) is 60. The quantitative estimate of drug-likeness (QED) is 0.0222. The minimum Gasteiger partial charge on any atom is -0.462 e. The number of aliphatic hydroxyl groups excluding tert-OH is 1. The maximum atomic E-state index is 13.2. The number of hydrogen-bond donors (Lipinski definition) is 3. The Morgan fingerprint density at radius 1 is 0.252 bits per heavy atom. The second-order valence-electron chi connectivity index (χ2n) is 32.1. The number of esters is 4. The van der Waals surface area contributed by atoms with Gasteiger partial charge in [-0.1, -0.05) is 426 Å². The van der Waals surface area contributed by atoms with Crippen LogP contribution in [-0.4, -0.2) is 96.7 Å². The maximum Gasteiger partial charge on any atom is 0.472 e. The summed E-state index contributed by atoms with van der Waals surface area (Å²) in [6, 6.07) is 0. The van der Waals surface area contributed by atoms with Gasteiger partial charge in [-0.25, -0.2) is 9.13 Å². The number of hydrogen-bond acceptors (Lipinski definition) is 15. The number of rotatable bonds is 88. The Morgan fingerprint density at radius 2 is 0.430 bits per heavy atom. The normalized spacial score (nSPS) is 13.7. The van der Waals surface area contributed by atoms with Crippen molar-refractivity contribution in [3.63, 3.8) is 0 Å². The maximum absolute atomic E-state index is 13.2. The topological polar surface area (TPSA) is 237 Å². The van der Waals surface area contributed by atoms with Gasteiger partial charge in [0.05, 0.1) is 26.4 Å². The average Bonchev–Trinajstić information content (AvgIpc) is 0.912. The molecule has 0 amide bonds. The Bertz CT molecular complexity index is 2030. The van der Waals surface area contributed by atoms with Crippen LogP contribution in [0.2, 0.25) is 0 Å². The van der Waals surface area contributed by atoms with Crippen LogP contribution in [0.15, 0.2) is 0 Å². The molecule has 2 unspecified atom stereocenters. The number of carbonyl (C=O) groups is 4. The second-order valence-corrected chi connectivity index (χ2v) is 35.0. The average molecular weight is 1560 g/mol. The highest BCUT2D eigenvalue weighted by atomic mass is 31.2. The van der Waals surface area contributed by atoms with Crippen molar-refractivity contribution in [3.05, 3.63) is 0 Å². The van der Waals surface area contributed by atoms with Crippen LogP contribution in [0.25, 0.3) is 0 Å². The minimum absolute atomic E-state index is 0.109. The van der Waals surface area contributed by atoms with Gasteiger partial charge in [0.25, 0.3) is 0 Å². The van der Waals surface area contributed by atoms with Crippen molar-refractivity contribution in [3.8, 4) is 0 Å². The summed E-state index contributed by atoms with van der Waals surface area (Å²) < 4.78 is 68.9. The molecule has 107 heavy (non-hydrogen) atoms. The van der Waals surface area contributed by atoms with Gasteiger partial charge in [-0.15, -0.1) is 0 Å². The molecule has 0 aromatic rings. The van der Waals surface area contributed by atoms with Gasteiger partial charge in [-0.2, -0.15) is 0 Å². The lowest BCUT2D eigenvalue weighted by atomic mass is 10.0. The number of phosphoric ester groups is 2. The molecule has 0 bridgehead atoms. The molecule has 0 fully saturated rings. The van der Waals surface area contributed by atoms with E-state index < -0.39 is 97.5 Å². The van der Waals surface area contributed by atoms with Crippen LogP contribution in [0.5, 0.6) is 0 Å². The zero-order valence-corrected chi connectivity index (χ0v) is 72.1. The van der Waals surface area contributed by atoms with Gasteiger partial charge in [0, 0.05) is 25.7 Å². The molecular weight excluding hydrogens is 1390 g/mol. The number of aliphatic hydroxyl groups is 1. The van der Waals surface area contributed by atoms with Crippen molar-refractivity contribution in [2.24, 2.45) is 5.92 Å². The molecule has 0 aliphatic rings. The third-order valence-electron chi connectivity index (χ3n) is 20.8. The number of ether oxygens (including phenoxy) is 4. The van der Waals surface area contributed by atoms with Gasteiger partial charge in [-0.05, 0) is 31.6 Å². The third kappa shape index (κ3) is 81.9. The predicted molar refractivity (Wildman–Crippen MR) is 442 cm³/mol. The summed E-state index contributed by atoms with van der Waals surface area (Å²) in [6.45, 7) is 7.40. The van der Waals surface area contributed by atoms with E-state index in [-0.39, 0.29) is 25.7 Å². The van der Waals surface area contributed by atoms with E-state index in [1.165, 1.54) is 302 Å². The zero-order chi connectivity index (χ0) is 78.3. The van der Waals surface area contributed by atoms with Gasteiger partial charge >= 0.3 is 39.5 Å². The van der Waals surface area contributed by atoms with E-state index >= 15 is 0 Å². The van der Waals surface area contributed by atoms with Crippen molar-refractivity contribution in [1.82, 2.24) is 0 Å². The molecule has 0 aromatic carbocycles. The first-order valence-corrected chi connectivity index (χ1v) is 48.6. The fourth-order valence-corrected chi connectivity index (χ4v) is 15.4. The zero-order valence-electron chi connectivity index (χ0n) is 70.3. The van der Waals surface area contributed by atoms with Crippen LogP contribution in [0.1, 0.15) is 478 Å². The van der Waals surface area contributed by atoms with Gasteiger partial charge in [0.15, 0.2) is 12.2 Å². The van der Waals surface area contributed by atoms with E-state index in [9.17, 15) is 43.2 Å². The van der Waals surface area contributed by atoms with Crippen LogP contribution in [0, 0.1) is 5.92 Å². The molecule has 3 N–H and O–H groups in total. The Kier molecular flexibility index (Phi) is 79.2. The molecular formula is C88H172O17P2. The van der Waals surface area contributed by atoms with E-state index in [1.807, 2.05) is 0 Å². The first kappa shape index (κ1) is 105. The lowest BCUT2D eigenvalue weighted by Crippen LogP contribution is -2.30. The molecule has 0 saturated heterocycles. The van der Waals surface area contributed by atoms with E-state index in [2.05, 4.69) is 34.6 Å². The molecule has 0 radical (unpaired) electrons. The molecule has 0 aliphatic carbocycles. The number of carbonyl (C=O) groups excluding carboxylic acids is 4. The summed E-state index contributed by atoms with van der Waals surface area (Å²) in [5, 5.41) is 10.7. The van der Waals surface area contributed by atoms with Crippen molar-refractivity contribution in [2.75, 3.05) is 39.6 Å². The van der Waals surface area contributed by atoms with E-state index in [4.69, 9.17) is 37.0 Å². The summed E-state index contributed by atoms with van der Waals surface area (Å²) in [4.78, 5) is 73.2. The van der Waals surface area contributed by atoms with Gasteiger partial charge < -0.3 is 33.8 Å². The molecule has 0 aromatic heterocycles. The predicted octanol–water partition coefficient (Wildman–Crippen LogP) is 27.2. The second kappa shape index (κ2) is 80.7. The Balaban J connectivity index is 5.20. The van der Waals surface area contributed by atoms with E-state index in [0.717, 1.165) is 95.8 Å². The number of phosphoric acid groups is 2. The van der Waals surface area contributed by atoms with E-state index in [1.54, 1.807) is 0 Å². The minimum atomic E-state index is -4.97.